The van der Waals surface area contributed by atoms with E-state index >= 15 is 0 Å². The number of thioether (sulfide) groups is 1. The van der Waals surface area contributed by atoms with E-state index in [2.05, 4.69) is 11.6 Å². The maximum absolute atomic E-state index is 10.9. The van der Waals surface area contributed by atoms with Gasteiger partial charge in [0.15, 0.2) is 0 Å². The van der Waals surface area contributed by atoms with Crippen LogP contribution in [0.3, 0.4) is 0 Å². The van der Waals surface area contributed by atoms with Gasteiger partial charge in [0.25, 0.3) is 0 Å². The summed E-state index contributed by atoms with van der Waals surface area (Å²) < 4.78 is 0. The topological polar surface area (TPSA) is 49.3 Å². The smallest absolute Gasteiger partial charge is 0.345 e. The Morgan fingerprint density at radius 2 is 2.39 bits per heavy atom. The minimum absolute atomic E-state index is 0.442. The number of carboxylic acid groups (broad SMARTS) is 1. The molecule has 2 atom stereocenters. The molecule has 0 saturated heterocycles. The zero-order valence-corrected chi connectivity index (χ0v) is 12.4. The lowest BCUT2D eigenvalue weighted by Gasteiger charge is -2.12. The number of aromatic carboxylic acids is 1. The molecule has 18 heavy (non-hydrogen) atoms. The Morgan fingerprint density at radius 3 is 2.94 bits per heavy atom. The van der Waals surface area contributed by atoms with Gasteiger partial charge in [-0.25, -0.2) is 4.79 Å². The highest BCUT2D eigenvalue weighted by molar-refractivity contribution is 7.99. The minimum atomic E-state index is -0.822. The van der Waals surface area contributed by atoms with E-state index in [4.69, 9.17) is 5.11 Å². The molecule has 0 aromatic carbocycles. The van der Waals surface area contributed by atoms with Gasteiger partial charge in [0.1, 0.15) is 4.88 Å². The van der Waals surface area contributed by atoms with Crippen molar-refractivity contribution in [2.45, 2.75) is 44.0 Å². The molecular formula is C13H19NO2S2. The van der Waals surface area contributed by atoms with Crippen LogP contribution >= 0.6 is 23.1 Å². The molecule has 2 rings (SSSR count). The molecule has 100 valence electrons. The largest absolute Gasteiger partial charge is 0.477 e. The third-order valence-electron chi connectivity index (χ3n) is 3.53. The first-order valence-corrected chi connectivity index (χ1v) is 8.29. The van der Waals surface area contributed by atoms with E-state index in [1.807, 2.05) is 18.7 Å². The fourth-order valence-electron chi connectivity index (χ4n) is 2.39. The van der Waals surface area contributed by atoms with Crippen LogP contribution in [0.25, 0.3) is 0 Å². The number of aryl methyl sites for hydroxylation is 1. The van der Waals surface area contributed by atoms with Gasteiger partial charge in [0.2, 0.25) is 0 Å². The van der Waals surface area contributed by atoms with Gasteiger partial charge < -0.3 is 10.4 Å². The lowest BCUT2D eigenvalue weighted by atomic mass is 10.2. The van der Waals surface area contributed by atoms with E-state index < -0.39 is 5.97 Å². The van der Waals surface area contributed by atoms with Gasteiger partial charge >= 0.3 is 5.97 Å². The highest BCUT2D eigenvalue weighted by atomic mass is 32.2. The van der Waals surface area contributed by atoms with Crippen molar-refractivity contribution in [1.82, 2.24) is 5.32 Å². The van der Waals surface area contributed by atoms with E-state index in [1.54, 1.807) is 6.07 Å². The van der Waals surface area contributed by atoms with Gasteiger partial charge in [-0.05, 0) is 44.1 Å². The fourth-order valence-corrected chi connectivity index (χ4v) is 4.07. The van der Waals surface area contributed by atoms with E-state index in [9.17, 15) is 4.79 Å². The maximum atomic E-state index is 10.9. The van der Waals surface area contributed by atoms with Crippen LogP contribution in [0.15, 0.2) is 6.07 Å². The molecule has 1 aliphatic carbocycles. The van der Waals surface area contributed by atoms with Gasteiger partial charge in [0.05, 0.1) is 0 Å². The van der Waals surface area contributed by atoms with Crippen molar-refractivity contribution in [3.8, 4) is 0 Å². The summed E-state index contributed by atoms with van der Waals surface area (Å²) in [5.74, 6) is -0.822. The highest BCUT2D eigenvalue weighted by Crippen LogP contribution is 2.29. The first-order valence-electron chi connectivity index (χ1n) is 6.19. The molecule has 0 spiro atoms. The molecule has 1 saturated carbocycles. The minimum Gasteiger partial charge on any atom is -0.477 e. The zero-order chi connectivity index (χ0) is 13.1. The van der Waals surface area contributed by atoms with Crippen LogP contribution in [0.1, 0.15) is 39.4 Å². The number of rotatable bonds is 5. The van der Waals surface area contributed by atoms with Crippen LogP contribution in [0, 0.1) is 6.92 Å². The Kier molecular flexibility index (Phi) is 4.70. The van der Waals surface area contributed by atoms with Crippen molar-refractivity contribution in [3.63, 3.8) is 0 Å². The molecule has 0 radical (unpaired) electrons. The molecular weight excluding hydrogens is 266 g/mol. The number of thiophene rings is 1. The quantitative estimate of drug-likeness (QED) is 0.872. The lowest BCUT2D eigenvalue weighted by Crippen LogP contribution is -2.26. The Bertz CT molecular complexity index is 431. The Labute approximate surface area is 116 Å². The number of hydrogen-bond donors (Lipinski definition) is 2. The maximum Gasteiger partial charge on any atom is 0.345 e. The summed E-state index contributed by atoms with van der Waals surface area (Å²) >= 11 is 3.32. The average molecular weight is 285 g/mol. The van der Waals surface area contributed by atoms with Crippen LogP contribution in [-0.4, -0.2) is 28.6 Å². The van der Waals surface area contributed by atoms with Crippen LogP contribution in [0.2, 0.25) is 0 Å². The molecule has 1 aromatic rings. The van der Waals surface area contributed by atoms with E-state index in [-0.39, 0.29) is 0 Å². The van der Waals surface area contributed by atoms with E-state index in [1.165, 1.54) is 30.6 Å². The summed E-state index contributed by atoms with van der Waals surface area (Å²) in [6, 6.07) is 2.39. The lowest BCUT2D eigenvalue weighted by molar-refractivity contribution is 0.0702. The summed E-state index contributed by atoms with van der Waals surface area (Å²) in [6.45, 7) is 2.79. The second-order valence-electron chi connectivity index (χ2n) is 4.75. The number of carbonyl (C=O) groups is 1. The van der Waals surface area contributed by atoms with Gasteiger partial charge in [-0.2, -0.15) is 11.8 Å². The third kappa shape index (κ3) is 3.28. The van der Waals surface area contributed by atoms with Crippen molar-refractivity contribution in [3.05, 3.63) is 21.4 Å². The Morgan fingerprint density at radius 1 is 1.61 bits per heavy atom. The zero-order valence-electron chi connectivity index (χ0n) is 10.7. The standard InChI is InChI=1S/C13H19NO2S2/c1-8-9(5-12(18-8)13(15)16)7-14-10-3-4-11(6-10)17-2/h5,10-11,14H,3-4,6-7H2,1-2H3,(H,15,16). The summed E-state index contributed by atoms with van der Waals surface area (Å²) in [6.07, 6.45) is 5.94. The average Bonchev–Trinajstić information content (AvgIpc) is 2.93. The normalized spacial score (nSPS) is 23.4. The van der Waals surface area contributed by atoms with Crippen molar-refractivity contribution in [2.75, 3.05) is 6.26 Å². The van der Waals surface area contributed by atoms with Gasteiger partial charge in [-0.3, -0.25) is 0 Å². The monoisotopic (exact) mass is 285 g/mol. The predicted molar refractivity (Wildman–Crippen MR) is 77.8 cm³/mol. The summed E-state index contributed by atoms with van der Waals surface area (Å²) in [4.78, 5) is 12.4. The molecule has 1 heterocycles. The molecule has 2 N–H and O–H groups in total. The second-order valence-corrected chi connectivity index (χ2v) is 7.14. The van der Waals surface area contributed by atoms with Crippen molar-refractivity contribution >= 4 is 29.1 Å². The molecule has 1 fully saturated rings. The number of nitrogens with one attached hydrogen (secondary N) is 1. The second kappa shape index (κ2) is 6.08. The molecule has 1 aliphatic rings. The Hall–Kier alpha value is -0.520. The molecule has 3 nitrogen and oxygen atoms in total. The summed E-state index contributed by atoms with van der Waals surface area (Å²) in [5, 5.41) is 13.3. The molecule has 1 aromatic heterocycles. The molecule has 0 bridgehead atoms. The highest BCUT2D eigenvalue weighted by Gasteiger charge is 2.23. The number of hydrogen-bond acceptors (Lipinski definition) is 4. The van der Waals surface area contributed by atoms with Crippen LogP contribution in [-0.2, 0) is 6.54 Å². The first kappa shape index (κ1) is 13.9. The number of carboxylic acids is 1. The van der Waals surface area contributed by atoms with Crippen molar-refractivity contribution in [1.29, 1.82) is 0 Å². The molecule has 5 heteroatoms. The molecule has 2 unspecified atom stereocenters. The van der Waals surface area contributed by atoms with E-state index in [0.29, 0.717) is 10.9 Å². The predicted octanol–water partition coefficient (Wildman–Crippen LogP) is 3.13. The van der Waals surface area contributed by atoms with Gasteiger partial charge in [-0.1, -0.05) is 0 Å². The van der Waals surface area contributed by atoms with Crippen LogP contribution in [0.4, 0.5) is 0 Å². The van der Waals surface area contributed by atoms with Crippen molar-refractivity contribution in [2.24, 2.45) is 0 Å². The molecule has 0 amide bonds. The fraction of sp³-hybridized carbons (Fsp3) is 0.615. The van der Waals surface area contributed by atoms with Crippen LogP contribution in [0.5, 0.6) is 0 Å². The summed E-state index contributed by atoms with van der Waals surface area (Å²) in [7, 11) is 0. The Balaban J connectivity index is 1.88. The van der Waals surface area contributed by atoms with Gasteiger partial charge in [0, 0.05) is 22.7 Å². The molecule has 0 aliphatic heterocycles. The van der Waals surface area contributed by atoms with Crippen LogP contribution < -0.4 is 5.32 Å². The summed E-state index contributed by atoms with van der Waals surface area (Å²) in [5.41, 5.74) is 1.13. The van der Waals surface area contributed by atoms with E-state index in [0.717, 1.165) is 22.2 Å². The van der Waals surface area contributed by atoms with Crippen molar-refractivity contribution < 1.29 is 9.90 Å². The van der Waals surface area contributed by atoms with Gasteiger partial charge in [-0.15, -0.1) is 11.3 Å². The third-order valence-corrected chi connectivity index (χ3v) is 5.71. The SMILES string of the molecule is CSC1CCC(NCc2cc(C(=O)O)sc2C)C1. The first-order chi connectivity index (χ1) is 8.60.